The Kier molecular flexibility index (Phi) is 2.99. The molecule has 5 nitrogen and oxygen atoms in total. The first kappa shape index (κ1) is 12.4. The molecule has 2 atom stereocenters. The predicted molar refractivity (Wildman–Crippen MR) is 65.5 cm³/mol. The minimum atomic E-state index is -1.10. The monoisotopic (exact) mass is 246 g/mol. The predicted octanol–water partition coefficient (Wildman–Crippen LogP) is 0.0700. The van der Waals surface area contributed by atoms with Gasteiger partial charge in [-0.3, -0.25) is 4.79 Å². The van der Waals surface area contributed by atoms with E-state index in [-0.39, 0.29) is 12.5 Å². The van der Waals surface area contributed by atoms with Gasteiger partial charge in [-0.1, -0.05) is 12.5 Å². The van der Waals surface area contributed by atoms with Gasteiger partial charge in [0.25, 0.3) is 5.91 Å². The van der Waals surface area contributed by atoms with Crippen LogP contribution in [-0.4, -0.2) is 34.3 Å². The lowest BCUT2D eigenvalue weighted by Crippen LogP contribution is -2.44. The van der Waals surface area contributed by atoms with Crippen molar-refractivity contribution in [1.82, 2.24) is 10.2 Å². The van der Waals surface area contributed by atoms with Crippen LogP contribution in [-0.2, 0) is 9.53 Å². The van der Waals surface area contributed by atoms with Crippen LogP contribution >= 0.6 is 0 Å². The molecule has 94 valence electrons. The van der Waals surface area contributed by atoms with E-state index in [1.807, 2.05) is 0 Å². The Balaban J connectivity index is 2.21. The molecule has 1 unspecified atom stereocenters. The summed E-state index contributed by atoms with van der Waals surface area (Å²) in [5, 5.41) is 11.9. The highest BCUT2D eigenvalue weighted by molar-refractivity contribution is 5.94. The molecule has 2 rings (SSSR count). The van der Waals surface area contributed by atoms with Gasteiger partial charge in [0.05, 0.1) is 6.61 Å². The molecule has 0 saturated heterocycles. The van der Waals surface area contributed by atoms with Gasteiger partial charge in [-0.15, -0.1) is 6.42 Å². The normalized spacial score (nSPS) is 31.1. The first-order chi connectivity index (χ1) is 8.51. The first-order valence-corrected chi connectivity index (χ1v) is 5.44. The smallest absolute Gasteiger partial charge is 0.253 e. The maximum absolute atomic E-state index is 11.4. The number of hydrogen-bond donors (Lipinski definition) is 2. The maximum atomic E-state index is 11.4. The molecule has 0 aliphatic carbocycles. The van der Waals surface area contributed by atoms with E-state index in [1.165, 1.54) is 0 Å². The van der Waals surface area contributed by atoms with E-state index >= 15 is 0 Å². The largest absolute Gasteiger partial charge is 0.392 e. The summed E-state index contributed by atoms with van der Waals surface area (Å²) in [6.45, 7) is 5.13. The summed E-state index contributed by atoms with van der Waals surface area (Å²) in [6, 6.07) is 0. The fraction of sp³-hybridized carbons (Fsp3) is 0.308. The van der Waals surface area contributed by atoms with Gasteiger partial charge in [0.15, 0.2) is 11.8 Å². The SMILES string of the molecule is C#C[C@@]1(CO)C=CC(N2C=C(C)C(=O)NC2=C)O1. The number of rotatable bonds is 2. The number of aliphatic hydroxyl groups is 1. The molecule has 0 aromatic rings. The third-order valence-electron chi connectivity index (χ3n) is 2.87. The highest BCUT2D eigenvalue weighted by Gasteiger charge is 2.37. The number of amides is 1. The van der Waals surface area contributed by atoms with E-state index in [1.54, 1.807) is 30.2 Å². The molecule has 0 aromatic carbocycles. The third-order valence-corrected chi connectivity index (χ3v) is 2.87. The fourth-order valence-corrected chi connectivity index (χ4v) is 1.77. The highest BCUT2D eigenvalue weighted by atomic mass is 16.5. The van der Waals surface area contributed by atoms with Crippen LogP contribution in [0.2, 0.25) is 0 Å². The Morgan fingerprint density at radius 3 is 3.06 bits per heavy atom. The molecule has 0 spiro atoms. The summed E-state index contributed by atoms with van der Waals surface area (Å²) >= 11 is 0. The van der Waals surface area contributed by atoms with Gasteiger partial charge in [-0.2, -0.15) is 0 Å². The first-order valence-electron chi connectivity index (χ1n) is 5.44. The molecular weight excluding hydrogens is 232 g/mol. The topological polar surface area (TPSA) is 61.8 Å². The molecule has 0 aromatic heterocycles. The molecule has 0 bridgehead atoms. The molecule has 2 N–H and O–H groups in total. The summed E-state index contributed by atoms with van der Waals surface area (Å²) < 4.78 is 5.61. The summed E-state index contributed by atoms with van der Waals surface area (Å²) in [5.41, 5.74) is -0.560. The van der Waals surface area contributed by atoms with Crippen molar-refractivity contribution < 1.29 is 14.6 Å². The number of carbonyl (C=O) groups excluding carboxylic acids is 1. The van der Waals surface area contributed by atoms with Crippen LogP contribution in [0.25, 0.3) is 0 Å². The van der Waals surface area contributed by atoms with Crippen LogP contribution in [0.5, 0.6) is 0 Å². The number of nitrogens with zero attached hydrogens (tertiary/aromatic N) is 1. The number of hydrogen-bond acceptors (Lipinski definition) is 4. The van der Waals surface area contributed by atoms with Gasteiger partial charge < -0.3 is 20.1 Å². The van der Waals surface area contributed by atoms with E-state index in [0.717, 1.165) is 0 Å². The van der Waals surface area contributed by atoms with Crippen LogP contribution in [0.4, 0.5) is 0 Å². The Morgan fingerprint density at radius 1 is 1.78 bits per heavy atom. The Bertz CT molecular complexity index is 501. The summed E-state index contributed by atoms with van der Waals surface area (Å²) in [4.78, 5) is 13.1. The van der Waals surface area contributed by atoms with Gasteiger partial charge in [0.2, 0.25) is 0 Å². The van der Waals surface area contributed by atoms with E-state index in [9.17, 15) is 9.90 Å². The number of nitrogens with one attached hydrogen (secondary N) is 1. The molecule has 2 heterocycles. The van der Waals surface area contributed by atoms with Crippen LogP contribution < -0.4 is 5.32 Å². The quantitative estimate of drug-likeness (QED) is 0.534. The Hall–Kier alpha value is -2.03. The van der Waals surface area contributed by atoms with Gasteiger partial charge >= 0.3 is 0 Å². The number of ether oxygens (including phenoxy) is 1. The van der Waals surface area contributed by atoms with E-state index in [0.29, 0.717) is 11.4 Å². The third kappa shape index (κ3) is 1.92. The second kappa shape index (κ2) is 4.33. The minimum Gasteiger partial charge on any atom is -0.392 e. The molecule has 0 fully saturated rings. The summed E-state index contributed by atoms with van der Waals surface area (Å²) in [7, 11) is 0. The van der Waals surface area contributed by atoms with Gasteiger partial charge in [-0.05, 0) is 19.1 Å². The zero-order chi connectivity index (χ0) is 13.3. The average molecular weight is 246 g/mol. The maximum Gasteiger partial charge on any atom is 0.253 e. The van der Waals surface area contributed by atoms with E-state index < -0.39 is 11.8 Å². The number of terminal acetylenes is 1. The molecule has 1 amide bonds. The van der Waals surface area contributed by atoms with Crippen LogP contribution in [0.3, 0.4) is 0 Å². The summed E-state index contributed by atoms with van der Waals surface area (Å²) in [6.07, 6.45) is 9.85. The standard InChI is InChI=1S/C13H14N2O3/c1-4-13(8-16)6-5-11(18-13)15-7-9(2)12(17)14-10(15)3/h1,5-7,11,16H,3,8H2,2H3,(H,14,17)/t11?,13-/m0/s1. The Morgan fingerprint density at radius 2 is 2.50 bits per heavy atom. The van der Waals surface area contributed by atoms with E-state index in [4.69, 9.17) is 11.2 Å². The van der Waals surface area contributed by atoms with Crippen molar-refractivity contribution in [3.8, 4) is 12.3 Å². The fourth-order valence-electron chi connectivity index (χ4n) is 1.77. The van der Waals surface area contributed by atoms with Gasteiger partial charge in [0.1, 0.15) is 5.82 Å². The molecule has 0 saturated carbocycles. The van der Waals surface area contributed by atoms with Crippen LogP contribution in [0.15, 0.2) is 36.3 Å². The van der Waals surface area contributed by atoms with Crippen molar-refractivity contribution in [1.29, 1.82) is 0 Å². The average Bonchev–Trinajstić information content (AvgIpc) is 2.79. The molecule has 5 heteroatoms. The molecule has 0 radical (unpaired) electrons. The van der Waals surface area contributed by atoms with Crippen LogP contribution in [0, 0.1) is 12.3 Å². The zero-order valence-electron chi connectivity index (χ0n) is 10.0. The summed E-state index contributed by atoms with van der Waals surface area (Å²) in [5.74, 6) is 2.62. The lowest BCUT2D eigenvalue weighted by atomic mass is 10.1. The van der Waals surface area contributed by atoms with E-state index in [2.05, 4.69) is 17.8 Å². The lowest BCUT2D eigenvalue weighted by Gasteiger charge is -2.33. The number of carbonyl (C=O) groups is 1. The zero-order valence-corrected chi connectivity index (χ0v) is 10.0. The molecule has 2 aliphatic heterocycles. The molecular formula is C13H14N2O3. The van der Waals surface area contributed by atoms with Crippen molar-refractivity contribution in [2.45, 2.75) is 18.8 Å². The van der Waals surface area contributed by atoms with Crippen molar-refractivity contribution in [2.75, 3.05) is 6.61 Å². The van der Waals surface area contributed by atoms with Gasteiger partial charge in [0, 0.05) is 11.8 Å². The number of aliphatic hydroxyl groups excluding tert-OH is 1. The molecule has 2 aliphatic rings. The molecule has 18 heavy (non-hydrogen) atoms. The van der Waals surface area contributed by atoms with Crippen LogP contribution in [0.1, 0.15) is 6.92 Å². The van der Waals surface area contributed by atoms with Gasteiger partial charge in [-0.25, -0.2) is 0 Å². The minimum absolute atomic E-state index is 0.191. The lowest BCUT2D eigenvalue weighted by molar-refractivity contribution is -0.119. The Labute approximate surface area is 105 Å². The second-order valence-corrected chi connectivity index (χ2v) is 4.18. The van der Waals surface area contributed by atoms with Crippen molar-refractivity contribution in [3.05, 3.63) is 36.3 Å². The van der Waals surface area contributed by atoms with Crippen molar-refractivity contribution in [2.24, 2.45) is 0 Å². The van der Waals surface area contributed by atoms with Crippen molar-refractivity contribution in [3.63, 3.8) is 0 Å². The highest BCUT2D eigenvalue weighted by Crippen LogP contribution is 2.27. The second-order valence-electron chi connectivity index (χ2n) is 4.18. The van der Waals surface area contributed by atoms with Crippen molar-refractivity contribution >= 4 is 5.91 Å².